The van der Waals surface area contributed by atoms with E-state index in [1.165, 1.54) is 0 Å². The van der Waals surface area contributed by atoms with Crippen molar-refractivity contribution in [2.24, 2.45) is 0 Å². The number of aromatic nitrogens is 4. The van der Waals surface area contributed by atoms with Gasteiger partial charge in [0.05, 0.1) is 12.5 Å². The maximum Gasteiger partial charge on any atom is 0.225 e. The van der Waals surface area contributed by atoms with Crippen LogP contribution in [-0.2, 0) is 24.2 Å². The van der Waals surface area contributed by atoms with Gasteiger partial charge in [0.15, 0.2) is 5.82 Å². The van der Waals surface area contributed by atoms with Gasteiger partial charge in [-0.1, -0.05) is 17.7 Å². The minimum absolute atomic E-state index is 0.0336. The lowest BCUT2D eigenvalue weighted by Crippen LogP contribution is -2.29. The summed E-state index contributed by atoms with van der Waals surface area (Å²) in [5, 5.41) is 13.1. The molecule has 6 nitrogen and oxygen atoms in total. The summed E-state index contributed by atoms with van der Waals surface area (Å²) in [4.78, 5) is 15.6. The number of aryl methyl sites for hydroxylation is 1. The van der Waals surface area contributed by atoms with Gasteiger partial charge in [0, 0.05) is 35.1 Å². The first kappa shape index (κ1) is 15.2. The van der Waals surface area contributed by atoms with Crippen LogP contribution in [0.3, 0.4) is 0 Å². The van der Waals surface area contributed by atoms with E-state index in [9.17, 15) is 4.79 Å². The highest BCUT2D eigenvalue weighted by molar-refractivity contribution is 6.31. The first-order valence-electron chi connectivity index (χ1n) is 8.08. The van der Waals surface area contributed by atoms with Crippen LogP contribution in [0, 0.1) is 0 Å². The standard InChI is InChI=1S/C17H18ClN5O/c1-10(17-22-21-15-3-2-6-23(15)17)20-16(24)7-11-9-19-14-8-12(18)4-5-13(11)14/h4-5,8-10,19H,2-3,6-7H2,1H3,(H,20,24)/t10-/m1/s1. The molecule has 1 amide bonds. The molecule has 0 bridgehead atoms. The minimum atomic E-state index is -0.156. The Morgan fingerprint density at radius 1 is 1.46 bits per heavy atom. The second-order valence-electron chi connectivity index (χ2n) is 6.20. The fraction of sp³-hybridized carbons (Fsp3) is 0.353. The van der Waals surface area contributed by atoms with Crippen LogP contribution in [0.4, 0.5) is 0 Å². The summed E-state index contributed by atoms with van der Waals surface area (Å²) in [5.41, 5.74) is 1.89. The Hall–Kier alpha value is -2.34. The number of H-pyrrole nitrogens is 1. The molecule has 0 unspecified atom stereocenters. The molecule has 0 saturated carbocycles. The number of nitrogens with one attached hydrogen (secondary N) is 2. The van der Waals surface area contributed by atoms with E-state index in [0.717, 1.165) is 47.5 Å². The maximum atomic E-state index is 12.4. The number of amides is 1. The lowest BCUT2D eigenvalue weighted by Gasteiger charge is -2.13. The molecule has 0 aliphatic carbocycles. The highest BCUT2D eigenvalue weighted by Crippen LogP contribution is 2.23. The van der Waals surface area contributed by atoms with Gasteiger partial charge in [0.1, 0.15) is 5.82 Å². The Bertz CT molecular complexity index is 913. The molecular formula is C17H18ClN5O. The van der Waals surface area contributed by atoms with Gasteiger partial charge in [0.2, 0.25) is 5.91 Å². The number of hydrogen-bond donors (Lipinski definition) is 2. The quantitative estimate of drug-likeness (QED) is 0.764. The summed E-state index contributed by atoms with van der Waals surface area (Å²) >= 11 is 5.99. The fourth-order valence-electron chi connectivity index (χ4n) is 3.33. The monoisotopic (exact) mass is 343 g/mol. The zero-order chi connectivity index (χ0) is 16.7. The first-order valence-corrected chi connectivity index (χ1v) is 8.46. The lowest BCUT2D eigenvalue weighted by atomic mass is 10.1. The number of fused-ring (bicyclic) bond motifs is 2. The molecule has 2 N–H and O–H groups in total. The van der Waals surface area contributed by atoms with Gasteiger partial charge in [-0.15, -0.1) is 10.2 Å². The number of benzene rings is 1. The highest BCUT2D eigenvalue weighted by atomic mass is 35.5. The van der Waals surface area contributed by atoms with Crippen LogP contribution in [0.25, 0.3) is 10.9 Å². The molecule has 1 aliphatic rings. The smallest absolute Gasteiger partial charge is 0.225 e. The summed E-state index contributed by atoms with van der Waals surface area (Å²) in [5.74, 6) is 1.81. The van der Waals surface area contributed by atoms with Gasteiger partial charge >= 0.3 is 0 Å². The summed E-state index contributed by atoms with van der Waals surface area (Å²) in [7, 11) is 0. The molecule has 7 heteroatoms. The zero-order valence-electron chi connectivity index (χ0n) is 13.3. The van der Waals surface area contributed by atoms with Crippen LogP contribution in [0.15, 0.2) is 24.4 Å². The third-order valence-corrected chi connectivity index (χ3v) is 4.72. The lowest BCUT2D eigenvalue weighted by molar-refractivity contribution is -0.121. The molecule has 3 aromatic rings. The fourth-order valence-corrected chi connectivity index (χ4v) is 3.50. The van der Waals surface area contributed by atoms with Gasteiger partial charge in [-0.05, 0) is 31.0 Å². The van der Waals surface area contributed by atoms with Gasteiger partial charge in [-0.3, -0.25) is 4.79 Å². The molecule has 3 heterocycles. The normalized spacial score (nSPS) is 14.8. The topological polar surface area (TPSA) is 75.6 Å². The number of hydrogen-bond acceptors (Lipinski definition) is 3. The van der Waals surface area contributed by atoms with E-state index in [1.807, 2.05) is 31.3 Å². The summed E-state index contributed by atoms with van der Waals surface area (Å²) < 4.78 is 2.11. The van der Waals surface area contributed by atoms with Crippen LogP contribution >= 0.6 is 11.6 Å². The van der Waals surface area contributed by atoms with Crippen molar-refractivity contribution in [3.05, 3.63) is 46.6 Å². The van der Waals surface area contributed by atoms with E-state index in [2.05, 4.69) is 25.1 Å². The van der Waals surface area contributed by atoms with Gasteiger partial charge < -0.3 is 14.9 Å². The van der Waals surface area contributed by atoms with Crippen molar-refractivity contribution in [1.82, 2.24) is 25.1 Å². The van der Waals surface area contributed by atoms with Crippen LogP contribution in [0.2, 0.25) is 5.02 Å². The number of aromatic amines is 1. The summed E-state index contributed by atoms with van der Waals surface area (Å²) in [6.07, 6.45) is 4.23. The van der Waals surface area contributed by atoms with Crippen molar-refractivity contribution < 1.29 is 4.79 Å². The molecule has 1 aliphatic heterocycles. The van der Waals surface area contributed by atoms with E-state index in [-0.39, 0.29) is 11.9 Å². The van der Waals surface area contributed by atoms with Crippen LogP contribution in [0.5, 0.6) is 0 Å². The van der Waals surface area contributed by atoms with E-state index in [0.29, 0.717) is 11.4 Å². The Morgan fingerprint density at radius 3 is 3.21 bits per heavy atom. The number of carbonyl (C=O) groups excluding carboxylic acids is 1. The van der Waals surface area contributed by atoms with Gasteiger partial charge in [-0.2, -0.15) is 0 Å². The minimum Gasteiger partial charge on any atom is -0.361 e. The third-order valence-electron chi connectivity index (χ3n) is 4.48. The number of carbonyl (C=O) groups is 1. The average molecular weight is 344 g/mol. The maximum absolute atomic E-state index is 12.4. The van der Waals surface area contributed by atoms with Crippen LogP contribution < -0.4 is 5.32 Å². The van der Waals surface area contributed by atoms with Gasteiger partial charge in [0.25, 0.3) is 0 Å². The van der Waals surface area contributed by atoms with Crippen molar-refractivity contribution in [2.45, 2.75) is 38.8 Å². The van der Waals surface area contributed by atoms with Crippen molar-refractivity contribution in [1.29, 1.82) is 0 Å². The van der Waals surface area contributed by atoms with Gasteiger partial charge in [-0.25, -0.2) is 0 Å². The highest BCUT2D eigenvalue weighted by Gasteiger charge is 2.22. The third kappa shape index (κ3) is 2.67. The van der Waals surface area contributed by atoms with E-state index < -0.39 is 0 Å². The molecule has 1 atom stereocenters. The number of rotatable bonds is 4. The van der Waals surface area contributed by atoms with E-state index in [4.69, 9.17) is 11.6 Å². The van der Waals surface area contributed by atoms with Crippen molar-refractivity contribution in [2.75, 3.05) is 0 Å². The van der Waals surface area contributed by atoms with Crippen molar-refractivity contribution in [3.8, 4) is 0 Å². The summed E-state index contributed by atoms with van der Waals surface area (Å²) in [6.45, 7) is 2.88. The molecular weight excluding hydrogens is 326 g/mol. The Morgan fingerprint density at radius 2 is 2.33 bits per heavy atom. The Labute approximate surface area is 144 Å². The largest absolute Gasteiger partial charge is 0.361 e. The number of halogens is 1. The second-order valence-corrected chi connectivity index (χ2v) is 6.64. The molecule has 2 aromatic heterocycles. The molecule has 0 spiro atoms. The molecule has 4 rings (SSSR count). The first-order chi connectivity index (χ1) is 11.6. The zero-order valence-corrected chi connectivity index (χ0v) is 14.1. The second kappa shape index (κ2) is 5.94. The van der Waals surface area contributed by atoms with E-state index in [1.54, 1.807) is 0 Å². The number of nitrogens with zero attached hydrogens (tertiary/aromatic N) is 3. The van der Waals surface area contributed by atoms with Crippen LogP contribution in [0.1, 0.15) is 36.6 Å². The molecule has 124 valence electrons. The average Bonchev–Trinajstić information content (AvgIpc) is 3.22. The summed E-state index contributed by atoms with van der Waals surface area (Å²) in [6, 6.07) is 5.48. The predicted molar refractivity (Wildman–Crippen MR) is 91.9 cm³/mol. The molecule has 1 aromatic carbocycles. The van der Waals surface area contributed by atoms with Crippen molar-refractivity contribution >= 4 is 28.4 Å². The Kier molecular flexibility index (Phi) is 3.76. The SMILES string of the molecule is C[C@@H](NC(=O)Cc1c[nH]c2cc(Cl)ccc12)c1nnc2n1CCC2. The van der Waals surface area contributed by atoms with E-state index >= 15 is 0 Å². The molecule has 0 saturated heterocycles. The van der Waals surface area contributed by atoms with Crippen molar-refractivity contribution in [3.63, 3.8) is 0 Å². The molecule has 0 radical (unpaired) electrons. The predicted octanol–water partition coefficient (Wildman–Crippen LogP) is 2.78. The molecule has 0 fully saturated rings. The van der Waals surface area contributed by atoms with Crippen LogP contribution in [-0.4, -0.2) is 25.7 Å². The Balaban J connectivity index is 1.47. The molecule has 24 heavy (non-hydrogen) atoms.